The topological polar surface area (TPSA) is 55.0 Å². The molecule has 0 saturated carbocycles. The van der Waals surface area contributed by atoms with Gasteiger partial charge in [0.05, 0.1) is 5.92 Å². The summed E-state index contributed by atoms with van der Waals surface area (Å²) < 4.78 is 0. The lowest BCUT2D eigenvalue weighted by Gasteiger charge is -2.38. The molecule has 3 aliphatic rings. The maximum absolute atomic E-state index is 9.17. The van der Waals surface area contributed by atoms with E-state index < -0.39 is 0 Å². The number of nitriles is 1. The van der Waals surface area contributed by atoms with Gasteiger partial charge in [-0.05, 0) is 37.3 Å². The van der Waals surface area contributed by atoms with Crippen molar-refractivity contribution in [3.8, 4) is 6.07 Å². The third kappa shape index (κ3) is 5.07. The maximum Gasteiger partial charge on any atom is 0.229 e. The van der Waals surface area contributed by atoms with E-state index in [2.05, 4.69) is 59.6 Å². The predicted octanol–water partition coefficient (Wildman–Crippen LogP) is 3.92. The predicted molar refractivity (Wildman–Crippen MR) is 118 cm³/mol. The zero-order valence-electron chi connectivity index (χ0n) is 16.5. The second kappa shape index (κ2) is 8.83. The zero-order valence-corrected chi connectivity index (χ0v) is 18.8. The molecule has 0 radical (unpaired) electrons. The molecule has 3 heterocycles. The number of halogens is 1. The number of amidine groups is 1. The van der Waals surface area contributed by atoms with Crippen LogP contribution >= 0.6 is 24.0 Å². The molecular weight excluding hydrogens is 437 g/mol. The molecule has 6 heteroatoms. The van der Waals surface area contributed by atoms with Crippen LogP contribution < -0.4 is 0 Å². The van der Waals surface area contributed by atoms with Gasteiger partial charge in [-0.1, -0.05) is 40.2 Å². The van der Waals surface area contributed by atoms with Crippen LogP contribution in [-0.4, -0.2) is 54.2 Å². The van der Waals surface area contributed by atoms with Crippen molar-refractivity contribution in [1.29, 1.82) is 5.26 Å². The van der Waals surface area contributed by atoms with Crippen molar-refractivity contribution in [2.45, 2.75) is 53.1 Å². The first-order valence-electron chi connectivity index (χ1n) is 9.61. The van der Waals surface area contributed by atoms with E-state index in [-0.39, 0.29) is 41.5 Å². The molecule has 0 aliphatic carbocycles. The van der Waals surface area contributed by atoms with E-state index in [1.807, 2.05) is 6.21 Å². The van der Waals surface area contributed by atoms with E-state index in [1.165, 1.54) is 38.0 Å². The summed E-state index contributed by atoms with van der Waals surface area (Å²) in [6.45, 7) is 13.4. The Kier molecular flexibility index (Phi) is 7.26. The van der Waals surface area contributed by atoms with Gasteiger partial charge in [-0.2, -0.15) is 5.26 Å². The zero-order chi connectivity index (χ0) is 18.0. The van der Waals surface area contributed by atoms with Crippen LogP contribution in [0.25, 0.3) is 0 Å². The minimum absolute atomic E-state index is 0. The van der Waals surface area contributed by atoms with Crippen molar-refractivity contribution in [3.05, 3.63) is 11.8 Å². The Labute approximate surface area is 175 Å². The van der Waals surface area contributed by atoms with Crippen molar-refractivity contribution in [2.24, 2.45) is 27.2 Å². The third-order valence-electron chi connectivity index (χ3n) is 5.46. The smallest absolute Gasteiger partial charge is 0.229 e. The van der Waals surface area contributed by atoms with Crippen LogP contribution in [0.5, 0.6) is 0 Å². The molecule has 3 rings (SSSR count). The maximum atomic E-state index is 9.17. The minimum atomic E-state index is 0. The number of rotatable bonds is 4. The lowest BCUT2D eigenvalue weighted by molar-refractivity contribution is 0.150. The Bertz CT molecular complexity index is 617. The van der Waals surface area contributed by atoms with Crippen LogP contribution in [0.3, 0.4) is 0 Å². The Balaban J connectivity index is 0.00000243. The monoisotopic (exact) mass is 469 g/mol. The SMILES string of the molecule is CCC1CCN(CC2=CC3C=NC(C#N)=NC3N2CC(C)(C)C)CC1.I. The van der Waals surface area contributed by atoms with Gasteiger partial charge in [-0.3, -0.25) is 4.90 Å². The number of likely N-dealkylation sites (tertiary alicyclic amines) is 1. The van der Waals surface area contributed by atoms with Gasteiger partial charge in [0, 0.05) is 25.0 Å². The van der Waals surface area contributed by atoms with E-state index >= 15 is 0 Å². The van der Waals surface area contributed by atoms with Gasteiger partial charge < -0.3 is 4.90 Å². The van der Waals surface area contributed by atoms with Crippen molar-refractivity contribution in [1.82, 2.24) is 9.80 Å². The van der Waals surface area contributed by atoms with Crippen LogP contribution in [0.15, 0.2) is 21.8 Å². The Morgan fingerprint density at radius 1 is 1.27 bits per heavy atom. The quantitative estimate of drug-likeness (QED) is 0.587. The standard InChI is InChI=1S/C20H31N5.HI/c1-5-15-6-8-24(9-7-15)13-17-10-16-12-22-18(11-21)23-19(16)25(17)14-20(2,3)4;/h10,12,15-16,19H,5-9,13-14H2,1-4H3;1H. The molecule has 0 aromatic rings. The number of aliphatic imine (C=N–C) groups is 2. The van der Waals surface area contributed by atoms with E-state index in [1.54, 1.807) is 0 Å². The second-order valence-corrected chi connectivity index (χ2v) is 8.81. The molecule has 0 amide bonds. The highest BCUT2D eigenvalue weighted by atomic mass is 127. The van der Waals surface area contributed by atoms with E-state index in [0.29, 0.717) is 5.84 Å². The number of piperidine rings is 1. The van der Waals surface area contributed by atoms with Gasteiger partial charge in [-0.25, -0.2) is 9.98 Å². The molecule has 144 valence electrons. The molecule has 26 heavy (non-hydrogen) atoms. The van der Waals surface area contributed by atoms with Gasteiger partial charge in [0.15, 0.2) is 0 Å². The average Bonchev–Trinajstić information content (AvgIpc) is 2.90. The van der Waals surface area contributed by atoms with Gasteiger partial charge in [-0.15, -0.1) is 24.0 Å². The number of fused-ring (bicyclic) bond motifs is 1. The van der Waals surface area contributed by atoms with Crippen LogP contribution in [0.4, 0.5) is 0 Å². The fourth-order valence-corrected chi connectivity index (χ4v) is 4.06. The van der Waals surface area contributed by atoms with Crippen LogP contribution in [-0.2, 0) is 0 Å². The molecule has 0 aromatic heterocycles. The molecule has 0 aromatic carbocycles. The molecule has 0 N–H and O–H groups in total. The molecule has 1 fully saturated rings. The summed E-state index contributed by atoms with van der Waals surface area (Å²) in [5.74, 6) is 1.40. The number of hydrogen-bond acceptors (Lipinski definition) is 5. The van der Waals surface area contributed by atoms with Crippen LogP contribution in [0.2, 0.25) is 0 Å². The average molecular weight is 469 g/mol. The molecule has 1 saturated heterocycles. The third-order valence-corrected chi connectivity index (χ3v) is 5.46. The lowest BCUT2D eigenvalue weighted by Crippen LogP contribution is -2.43. The highest BCUT2D eigenvalue weighted by Crippen LogP contribution is 2.33. The van der Waals surface area contributed by atoms with Gasteiger partial charge >= 0.3 is 0 Å². The Hall–Kier alpha value is -0.940. The lowest BCUT2D eigenvalue weighted by atomic mass is 9.94. The molecule has 2 unspecified atom stereocenters. The normalized spacial score (nSPS) is 26.7. The van der Waals surface area contributed by atoms with E-state index in [9.17, 15) is 0 Å². The molecule has 0 bridgehead atoms. The molecule has 0 spiro atoms. The summed E-state index contributed by atoms with van der Waals surface area (Å²) in [5, 5.41) is 9.17. The van der Waals surface area contributed by atoms with E-state index in [0.717, 1.165) is 19.0 Å². The number of hydrogen-bond donors (Lipinski definition) is 0. The summed E-state index contributed by atoms with van der Waals surface area (Å²) in [6, 6.07) is 2.10. The summed E-state index contributed by atoms with van der Waals surface area (Å²) in [5.41, 5.74) is 1.54. The van der Waals surface area contributed by atoms with Crippen molar-refractivity contribution in [2.75, 3.05) is 26.2 Å². The summed E-state index contributed by atoms with van der Waals surface area (Å²) >= 11 is 0. The molecule has 5 nitrogen and oxygen atoms in total. The fourth-order valence-electron chi connectivity index (χ4n) is 4.06. The highest BCUT2D eigenvalue weighted by molar-refractivity contribution is 14.0. The first-order chi connectivity index (χ1) is 11.9. The Morgan fingerprint density at radius 3 is 2.54 bits per heavy atom. The van der Waals surface area contributed by atoms with Gasteiger partial charge in [0.2, 0.25) is 5.84 Å². The first-order valence-corrected chi connectivity index (χ1v) is 9.61. The summed E-state index contributed by atoms with van der Waals surface area (Å²) in [7, 11) is 0. The molecule has 3 aliphatic heterocycles. The largest absolute Gasteiger partial charge is 0.351 e. The second-order valence-electron chi connectivity index (χ2n) is 8.81. The van der Waals surface area contributed by atoms with Crippen molar-refractivity contribution >= 4 is 36.0 Å². The van der Waals surface area contributed by atoms with Gasteiger partial charge in [0.25, 0.3) is 0 Å². The fraction of sp³-hybridized carbons (Fsp3) is 0.750. The van der Waals surface area contributed by atoms with Crippen LogP contribution in [0, 0.1) is 28.6 Å². The summed E-state index contributed by atoms with van der Waals surface area (Å²) in [6.07, 6.45) is 8.17. The minimum Gasteiger partial charge on any atom is -0.351 e. The van der Waals surface area contributed by atoms with Gasteiger partial charge in [0.1, 0.15) is 12.2 Å². The van der Waals surface area contributed by atoms with Crippen LogP contribution in [0.1, 0.15) is 47.0 Å². The Morgan fingerprint density at radius 2 is 1.96 bits per heavy atom. The van der Waals surface area contributed by atoms with E-state index in [4.69, 9.17) is 5.26 Å². The van der Waals surface area contributed by atoms with Crippen molar-refractivity contribution < 1.29 is 0 Å². The summed E-state index contributed by atoms with van der Waals surface area (Å²) in [4.78, 5) is 13.8. The van der Waals surface area contributed by atoms with Crippen molar-refractivity contribution in [3.63, 3.8) is 0 Å². The number of nitrogens with zero attached hydrogens (tertiary/aromatic N) is 5. The highest BCUT2D eigenvalue weighted by Gasteiger charge is 2.38. The molecular formula is C20H32IN5. The first kappa shape index (κ1) is 21.4. The molecule has 2 atom stereocenters.